The number of rotatable bonds is 3. The predicted molar refractivity (Wildman–Crippen MR) is 90.6 cm³/mol. The molecule has 0 N–H and O–H groups in total. The first-order valence-corrected chi connectivity index (χ1v) is 7.44. The van der Waals surface area contributed by atoms with Crippen LogP contribution in [0.5, 0.6) is 5.75 Å². The van der Waals surface area contributed by atoms with Gasteiger partial charge in [0, 0.05) is 18.5 Å². The molecule has 0 spiro atoms. The Morgan fingerprint density at radius 2 is 1.83 bits per heavy atom. The number of benzene rings is 1. The van der Waals surface area contributed by atoms with Gasteiger partial charge in [-0.2, -0.15) is 5.10 Å². The summed E-state index contributed by atoms with van der Waals surface area (Å²) in [6.07, 6.45) is 5.11. The van der Waals surface area contributed by atoms with Crippen LogP contribution in [0.2, 0.25) is 0 Å². The van der Waals surface area contributed by atoms with E-state index in [-0.39, 0.29) is 5.56 Å². The standard InChI is InChI=1S/C18H14N4O2/c1-24-14-8-11-21(15-9-12-22-16(20-15)7-10-19-22)18(23)17(14)13-5-3-2-4-6-13/h2-12H,1H3. The number of fused-ring (bicyclic) bond motifs is 1. The molecule has 0 fully saturated rings. The molecule has 0 saturated heterocycles. The second kappa shape index (κ2) is 5.66. The van der Waals surface area contributed by atoms with Crippen LogP contribution in [0.25, 0.3) is 22.6 Å². The highest BCUT2D eigenvalue weighted by atomic mass is 16.5. The van der Waals surface area contributed by atoms with Crippen molar-refractivity contribution in [1.29, 1.82) is 0 Å². The fraction of sp³-hybridized carbons (Fsp3) is 0.0556. The number of nitrogens with zero attached hydrogens (tertiary/aromatic N) is 4. The molecule has 0 aliphatic carbocycles. The summed E-state index contributed by atoms with van der Waals surface area (Å²) in [6.45, 7) is 0. The van der Waals surface area contributed by atoms with Crippen LogP contribution in [0.3, 0.4) is 0 Å². The number of methoxy groups -OCH3 is 1. The van der Waals surface area contributed by atoms with Gasteiger partial charge in [0.25, 0.3) is 5.56 Å². The Labute approximate surface area is 137 Å². The summed E-state index contributed by atoms with van der Waals surface area (Å²) in [5, 5.41) is 4.12. The molecule has 4 aromatic rings. The van der Waals surface area contributed by atoms with Crippen molar-refractivity contribution >= 4 is 5.65 Å². The minimum absolute atomic E-state index is 0.183. The Balaban J connectivity index is 1.95. The van der Waals surface area contributed by atoms with Gasteiger partial charge in [-0.3, -0.25) is 9.36 Å². The third-order valence-electron chi connectivity index (χ3n) is 3.83. The first-order chi connectivity index (χ1) is 11.8. The molecule has 0 aliphatic heterocycles. The second-order valence-electron chi connectivity index (χ2n) is 5.22. The summed E-state index contributed by atoms with van der Waals surface area (Å²) in [6, 6.07) is 14.8. The number of pyridine rings is 1. The van der Waals surface area contributed by atoms with Crippen molar-refractivity contribution in [3.8, 4) is 22.7 Å². The third-order valence-corrected chi connectivity index (χ3v) is 3.83. The van der Waals surface area contributed by atoms with E-state index in [0.717, 1.165) is 5.56 Å². The summed E-state index contributed by atoms with van der Waals surface area (Å²) in [5.41, 5.74) is 1.81. The highest BCUT2D eigenvalue weighted by molar-refractivity contribution is 5.69. The maximum atomic E-state index is 13.0. The summed E-state index contributed by atoms with van der Waals surface area (Å²) in [4.78, 5) is 17.5. The van der Waals surface area contributed by atoms with Crippen LogP contribution >= 0.6 is 0 Å². The zero-order valence-corrected chi connectivity index (χ0v) is 13.0. The highest BCUT2D eigenvalue weighted by Gasteiger charge is 2.14. The third kappa shape index (κ3) is 2.25. The quantitative estimate of drug-likeness (QED) is 0.582. The molecule has 6 nitrogen and oxygen atoms in total. The topological polar surface area (TPSA) is 61.4 Å². The molecule has 0 unspecified atom stereocenters. The van der Waals surface area contributed by atoms with Crippen molar-refractivity contribution in [1.82, 2.24) is 19.2 Å². The van der Waals surface area contributed by atoms with Crippen molar-refractivity contribution in [3.05, 3.63) is 77.5 Å². The summed E-state index contributed by atoms with van der Waals surface area (Å²) in [5.74, 6) is 1.07. The normalized spacial score (nSPS) is 10.9. The van der Waals surface area contributed by atoms with Crippen LogP contribution in [-0.4, -0.2) is 26.3 Å². The van der Waals surface area contributed by atoms with Gasteiger partial charge in [-0.1, -0.05) is 30.3 Å². The van der Waals surface area contributed by atoms with Crippen molar-refractivity contribution in [2.75, 3.05) is 7.11 Å². The number of aromatic nitrogens is 4. The molecule has 4 rings (SSSR count). The smallest absolute Gasteiger partial charge is 0.267 e. The summed E-state index contributed by atoms with van der Waals surface area (Å²) >= 11 is 0. The Morgan fingerprint density at radius 1 is 1.00 bits per heavy atom. The van der Waals surface area contributed by atoms with Crippen LogP contribution in [-0.2, 0) is 0 Å². The molecule has 0 radical (unpaired) electrons. The van der Waals surface area contributed by atoms with Crippen LogP contribution in [0.15, 0.2) is 71.9 Å². The molecule has 6 heteroatoms. The van der Waals surface area contributed by atoms with Gasteiger partial charge in [-0.25, -0.2) is 9.50 Å². The van der Waals surface area contributed by atoms with Crippen molar-refractivity contribution < 1.29 is 4.74 Å². The van der Waals surface area contributed by atoms with Crippen LogP contribution in [0.4, 0.5) is 0 Å². The van der Waals surface area contributed by atoms with Gasteiger partial charge in [0.05, 0.1) is 18.9 Å². The lowest BCUT2D eigenvalue weighted by Crippen LogP contribution is -2.21. The zero-order valence-electron chi connectivity index (χ0n) is 13.0. The fourth-order valence-electron chi connectivity index (χ4n) is 2.68. The average Bonchev–Trinajstić information content (AvgIpc) is 3.09. The van der Waals surface area contributed by atoms with E-state index in [4.69, 9.17) is 4.74 Å². The van der Waals surface area contributed by atoms with Crippen molar-refractivity contribution in [2.45, 2.75) is 0 Å². The monoisotopic (exact) mass is 318 g/mol. The van der Waals surface area contributed by atoms with E-state index in [1.165, 1.54) is 4.57 Å². The average molecular weight is 318 g/mol. The first-order valence-electron chi connectivity index (χ1n) is 7.44. The Morgan fingerprint density at radius 3 is 2.62 bits per heavy atom. The molecular formula is C18H14N4O2. The van der Waals surface area contributed by atoms with Gasteiger partial charge in [-0.15, -0.1) is 0 Å². The van der Waals surface area contributed by atoms with Crippen molar-refractivity contribution in [2.24, 2.45) is 0 Å². The summed E-state index contributed by atoms with van der Waals surface area (Å²) in [7, 11) is 1.56. The van der Waals surface area contributed by atoms with Crippen molar-refractivity contribution in [3.63, 3.8) is 0 Å². The minimum atomic E-state index is -0.183. The van der Waals surface area contributed by atoms with Crippen LogP contribution < -0.4 is 10.3 Å². The Kier molecular flexibility index (Phi) is 3.35. The van der Waals surface area contributed by atoms with Gasteiger partial charge in [0.15, 0.2) is 5.65 Å². The predicted octanol–water partition coefficient (Wildman–Crippen LogP) is 2.56. The maximum absolute atomic E-state index is 13.0. The molecular weight excluding hydrogens is 304 g/mol. The van der Waals surface area contributed by atoms with Gasteiger partial charge in [-0.05, 0) is 17.7 Å². The lowest BCUT2D eigenvalue weighted by Gasteiger charge is -2.12. The van der Waals surface area contributed by atoms with Crippen LogP contribution in [0.1, 0.15) is 0 Å². The molecule has 0 bridgehead atoms. The lowest BCUT2D eigenvalue weighted by molar-refractivity contribution is 0.415. The maximum Gasteiger partial charge on any atom is 0.267 e. The molecule has 0 saturated carbocycles. The van der Waals surface area contributed by atoms with E-state index >= 15 is 0 Å². The van der Waals surface area contributed by atoms with Gasteiger partial charge >= 0.3 is 0 Å². The summed E-state index contributed by atoms with van der Waals surface area (Å²) < 4.78 is 8.54. The molecule has 0 aliphatic rings. The van der Waals surface area contributed by atoms with Crippen LogP contribution in [0, 0.1) is 0 Å². The second-order valence-corrected chi connectivity index (χ2v) is 5.22. The van der Waals surface area contributed by atoms with E-state index in [1.807, 2.05) is 30.3 Å². The molecule has 3 aromatic heterocycles. The molecule has 1 aromatic carbocycles. The fourth-order valence-corrected chi connectivity index (χ4v) is 2.68. The molecule has 3 heterocycles. The van der Waals surface area contributed by atoms with E-state index < -0.39 is 0 Å². The Bertz CT molecular complexity index is 1070. The highest BCUT2D eigenvalue weighted by Crippen LogP contribution is 2.26. The minimum Gasteiger partial charge on any atom is -0.496 e. The Hall–Kier alpha value is -3.41. The van der Waals surface area contributed by atoms with Gasteiger partial charge < -0.3 is 4.74 Å². The zero-order chi connectivity index (χ0) is 16.5. The van der Waals surface area contributed by atoms with Gasteiger partial charge in [0.2, 0.25) is 0 Å². The van der Waals surface area contributed by atoms with Gasteiger partial charge in [0.1, 0.15) is 11.6 Å². The molecule has 118 valence electrons. The molecule has 24 heavy (non-hydrogen) atoms. The van der Waals surface area contributed by atoms with E-state index in [0.29, 0.717) is 22.8 Å². The number of hydrogen-bond donors (Lipinski definition) is 0. The van der Waals surface area contributed by atoms with E-state index in [1.54, 1.807) is 48.4 Å². The first kappa shape index (κ1) is 14.2. The SMILES string of the molecule is COc1ccn(-c2ccn3nccc3n2)c(=O)c1-c1ccccc1. The van der Waals surface area contributed by atoms with E-state index in [2.05, 4.69) is 10.1 Å². The molecule has 0 amide bonds. The lowest BCUT2D eigenvalue weighted by atomic mass is 10.1. The number of ether oxygens (including phenoxy) is 1. The van der Waals surface area contributed by atoms with E-state index in [9.17, 15) is 4.79 Å². The molecule has 0 atom stereocenters. The largest absolute Gasteiger partial charge is 0.496 e. The number of hydrogen-bond acceptors (Lipinski definition) is 4.